The van der Waals surface area contributed by atoms with Gasteiger partial charge in [-0.25, -0.2) is 0 Å². The standard InChI is InChI=1S/C16H24N2/c1-14-7-5-11-18(16(14)13-17)12-6-10-15-8-3-2-4-9-15/h2-4,6,8-10,14,16H,5,7,11-13,17H2,1H3. The van der Waals surface area contributed by atoms with Crippen LogP contribution in [0.5, 0.6) is 0 Å². The maximum Gasteiger partial charge on any atom is 0.0247 e. The van der Waals surface area contributed by atoms with E-state index >= 15 is 0 Å². The lowest BCUT2D eigenvalue weighted by Crippen LogP contribution is -2.48. The fraction of sp³-hybridized carbons (Fsp3) is 0.500. The minimum Gasteiger partial charge on any atom is -0.329 e. The number of piperidine rings is 1. The number of hydrogen-bond acceptors (Lipinski definition) is 2. The lowest BCUT2D eigenvalue weighted by atomic mass is 9.91. The second-order valence-corrected chi connectivity index (χ2v) is 5.23. The third-order valence-corrected chi connectivity index (χ3v) is 3.92. The molecule has 1 aliphatic heterocycles. The highest BCUT2D eigenvalue weighted by Gasteiger charge is 2.26. The predicted molar refractivity (Wildman–Crippen MR) is 78.3 cm³/mol. The van der Waals surface area contributed by atoms with Gasteiger partial charge in [0.1, 0.15) is 0 Å². The first-order chi connectivity index (χ1) is 8.81. The highest BCUT2D eigenvalue weighted by atomic mass is 15.2. The van der Waals surface area contributed by atoms with Gasteiger partial charge in [0, 0.05) is 19.1 Å². The fourth-order valence-electron chi connectivity index (χ4n) is 2.83. The molecular formula is C16H24N2. The molecule has 2 unspecified atom stereocenters. The maximum atomic E-state index is 5.90. The zero-order chi connectivity index (χ0) is 12.8. The summed E-state index contributed by atoms with van der Waals surface area (Å²) in [7, 11) is 0. The van der Waals surface area contributed by atoms with Gasteiger partial charge in [-0.3, -0.25) is 4.90 Å². The van der Waals surface area contributed by atoms with Crippen LogP contribution in [0.2, 0.25) is 0 Å². The lowest BCUT2D eigenvalue weighted by Gasteiger charge is -2.38. The Balaban J connectivity index is 1.90. The van der Waals surface area contributed by atoms with E-state index in [0.717, 1.165) is 19.0 Å². The van der Waals surface area contributed by atoms with Gasteiger partial charge in [-0.15, -0.1) is 0 Å². The van der Waals surface area contributed by atoms with Crippen LogP contribution in [0.4, 0.5) is 0 Å². The van der Waals surface area contributed by atoms with Gasteiger partial charge in [0.05, 0.1) is 0 Å². The summed E-state index contributed by atoms with van der Waals surface area (Å²) in [5, 5.41) is 0. The number of benzene rings is 1. The van der Waals surface area contributed by atoms with Gasteiger partial charge >= 0.3 is 0 Å². The Morgan fingerprint density at radius 1 is 1.33 bits per heavy atom. The van der Waals surface area contributed by atoms with Crippen molar-refractivity contribution in [2.45, 2.75) is 25.8 Å². The Morgan fingerprint density at radius 3 is 2.83 bits per heavy atom. The zero-order valence-electron chi connectivity index (χ0n) is 11.3. The van der Waals surface area contributed by atoms with Crippen LogP contribution in [-0.2, 0) is 0 Å². The van der Waals surface area contributed by atoms with Gasteiger partial charge in [0.25, 0.3) is 0 Å². The van der Waals surface area contributed by atoms with Gasteiger partial charge in [-0.2, -0.15) is 0 Å². The summed E-state index contributed by atoms with van der Waals surface area (Å²) >= 11 is 0. The maximum absolute atomic E-state index is 5.90. The molecule has 1 aromatic carbocycles. The average molecular weight is 244 g/mol. The van der Waals surface area contributed by atoms with E-state index in [4.69, 9.17) is 5.73 Å². The molecular weight excluding hydrogens is 220 g/mol. The molecule has 2 N–H and O–H groups in total. The topological polar surface area (TPSA) is 29.3 Å². The normalized spacial score (nSPS) is 25.7. The first kappa shape index (κ1) is 13.3. The Kier molecular flexibility index (Phi) is 4.97. The molecule has 0 radical (unpaired) electrons. The Hall–Kier alpha value is -1.12. The van der Waals surface area contributed by atoms with E-state index in [0.29, 0.717) is 6.04 Å². The SMILES string of the molecule is CC1CCCN(CC=Cc2ccccc2)C1CN. The van der Waals surface area contributed by atoms with Gasteiger partial charge in [0.15, 0.2) is 0 Å². The van der Waals surface area contributed by atoms with Crippen molar-refractivity contribution in [1.29, 1.82) is 0 Å². The van der Waals surface area contributed by atoms with Crippen LogP contribution in [0.25, 0.3) is 6.08 Å². The molecule has 2 rings (SSSR count). The molecule has 1 fully saturated rings. The van der Waals surface area contributed by atoms with Crippen molar-refractivity contribution in [2.24, 2.45) is 11.7 Å². The third-order valence-electron chi connectivity index (χ3n) is 3.92. The lowest BCUT2D eigenvalue weighted by molar-refractivity contribution is 0.120. The van der Waals surface area contributed by atoms with E-state index in [-0.39, 0.29) is 0 Å². The monoisotopic (exact) mass is 244 g/mol. The van der Waals surface area contributed by atoms with Crippen molar-refractivity contribution in [2.75, 3.05) is 19.6 Å². The summed E-state index contributed by atoms with van der Waals surface area (Å²) in [6.45, 7) is 5.30. The van der Waals surface area contributed by atoms with E-state index in [1.165, 1.54) is 24.9 Å². The summed E-state index contributed by atoms with van der Waals surface area (Å²) in [4.78, 5) is 2.52. The molecule has 0 aromatic heterocycles. The van der Waals surface area contributed by atoms with E-state index in [9.17, 15) is 0 Å². The summed E-state index contributed by atoms with van der Waals surface area (Å²) in [5.74, 6) is 0.730. The first-order valence-corrected chi connectivity index (χ1v) is 6.97. The van der Waals surface area contributed by atoms with Crippen molar-refractivity contribution in [3.05, 3.63) is 42.0 Å². The van der Waals surface area contributed by atoms with Gasteiger partial charge < -0.3 is 5.73 Å². The minimum atomic E-state index is 0.555. The molecule has 0 amide bonds. The quantitative estimate of drug-likeness (QED) is 0.882. The molecule has 2 atom stereocenters. The van der Waals surface area contributed by atoms with Crippen molar-refractivity contribution in [3.63, 3.8) is 0 Å². The molecule has 1 aliphatic rings. The first-order valence-electron chi connectivity index (χ1n) is 6.97. The van der Waals surface area contributed by atoms with E-state index in [1.807, 2.05) is 6.07 Å². The summed E-state index contributed by atoms with van der Waals surface area (Å²) in [6, 6.07) is 11.0. The molecule has 1 aromatic rings. The second-order valence-electron chi connectivity index (χ2n) is 5.23. The minimum absolute atomic E-state index is 0.555. The summed E-state index contributed by atoms with van der Waals surface area (Å²) in [5.41, 5.74) is 7.17. The highest BCUT2D eigenvalue weighted by Crippen LogP contribution is 2.22. The summed E-state index contributed by atoms with van der Waals surface area (Å²) in [6.07, 6.45) is 7.08. The Labute approximate surface area is 110 Å². The number of nitrogens with two attached hydrogens (primary N) is 1. The van der Waals surface area contributed by atoms with Crippen molar-refractivity contribution < 1.29 is 0 Å². The Morgan fingerprint density at radius 2 is 2.11 bits per heavy atom. The van der Waals surface area contributed by atoms with Crippen molar-refractivity contribution in [1.82, 2.24) is 4.90 Å². The number of likely N-dealkylation sites (tertiary alicyclic amines) is 1. The van der Waals surface area contributed by atoms with Crippen molar-refractivity contribution in [3.8, 4) is 0 Å². The van der Waals surface area contributed by atoms with Crippen LogP contribution in [-0.4, -0.2) is 30.6 Å². The molecule has 2 nitrogen and oxygen atoms in total. The van der Waals surface area contributed by atoms with Gasteiger partial charge in [-0.1, -0.05) is 49.4 Å². The third kappa shape index (κ3) is 3.44. The average Bonchev–Trinajstić information content (AvgIpc) is 2.40. The molecule has 1 saturated heterocycles. The van der Waals surface area contributed by atoms with Crippen molar-refractivity contribution >= 4 is 6.08 Å². The zero-order valence-corrected chi connectivity index (χ0v) is 11.3. The molecule has 2 heteroatoms. The molecule has 0 spiro atoms. The Bertz CT molecular complexity index is 372. The van der Waals surface area contributed by atoms with E-state index in [1.54, 1.807) is 0 Å². The van der Waals surface area contributed by atoms with Crippen LogP contribution in [0, 0.1) is 5.92 Å². The van der Waals surface area contributed by atoms with Gasteiger partial charge in [0.2, 0.25) is 0 Å². The second kappa shape index (κ2) is 6.72. The molecule has 98 valence electrons. The molecule has 18 heavy (non-hydrogen) atoms. The molecule has 0 saturated carbocycles. The van der Waals surface area contributed by atoms with Crippen LogP contribution in [0.3, 0.4) is 0 Å². The fourth-order valence-corrected chi connectivity index (χ4v) is 2.83. The number of hydrogen-bond donors (Lipinski definition) is 1. The summed E-state index contributed by atoms with van der Waals surface area (Å²) < 4.78 is 0. The largest absolute Gasteiger partial charge is 0.329 e. The molecule has 1 heterocycles. The molecule has 0 bridgehead atoms. The van der Waals surface area contributed by atoms with E-state index in [2.05, 4.69) is 48.2 Å². The van der Waals surface area contributed by atoms with E-state index < -0.39 is 0 Å². The van der Waals surface area contributed by atoms with Gasteiger partial charge in [-0.05, 0) is 30.9 Å². The highest BCUT2D eigenvalue weighted by molar-refractivity contribution is 5.48. The smallest absolute Gasteiger partial charge is 0.0247 e. The van der Waals surface area contributed by atoms with Crippen LogP contribution >= 0.6 is 0 Å². The van der Waals surface area contributed by atoms with Crippen LogP contribution in [0.1, 0.15) is 25.3 Å². The predicted octanol–water partition coefficient (Wildman–Crippen LogP) is 2.76. The molecule has 0 aliphatic carbocycles. The van der Waals surface area contributed by atoms with Crippen LogP contribution in [0.15, 0.2) is 36.4 Å². The van der Waals surface area contributed by atoms with Crippen LogP contribution < -0.4 is 5.73 Å². The number of nitrogens with zero attached hydrogens (tertiary/aromatic N) is 1. The number of rotatable bonds is 4.